The highest BCUT2D eigenvalue weighted by Crippen LogP contribution is 2.38. The first-order chi connectivity index (χ1) is 13.4. The lowest BCUT2D eigenvalue weighted by atomic mass is 9.99. The smallest absolute Gasteiger partial charge is 0.167 e. The van der Waals surface area contributed by atoms with Crippen molar-refractivity contribution in [1.82, 2.24) is 19.5 Å². The average Bonchev–Trinajstić information content (AvgIpc) is 3.24. The van der Waals surface area contributed by atoms with Gasteiger partial charge < -0.3 is 25.0 Å². The van der Waals surface area contributed by atoms with Gasteiger partial charge in [0.05, 0.1) is 12.9 Å². The monoisotopic (exact) mass is 385 g/mol. The Balaban J connectivity index is 1.68. The fraction of sp³-hybridized carbons (Fsp3) is 0.421. The number of hydrogen-bond acceptors (Lipinski definition) is 8. The standard InChI is InChI=1S/C19H23N5O4/c1-19(9-25)15(27)14(26)18(28-19)24-11-22-13-16(20-10-21-17(13)24)23(2)8-12-6-4-3-5-7-12/h3-7,10-11,14-15,18,25-27H,8-9H2,1-2H3/t14-,15+,18-,19-/m1/s1. The lowest BCUT2D eigenvalue weighted by Gasteiger charge is -2.24. The number of hydrogen-bond donors (Lipinski definition) is 3. The molecule has 4 atom stereocenters. The van der Waals surface area contributed by atoms with Crippen LogP contribution in [0.4, 0.5) is 5.82 Å². The maximum Gasteiger partial charge on any atom is 0.167 e. The fourth-order valence-corrected chi connectivity index (χ4v) is 3.52. The van der Waals surface area contributed by atoms with E-state index in [9.17, 15) is 15.3 Å². The van der Waals surface area contributed by atoms with Crippen LogP contribution >= 0.6 is 0 Å². The third-order valence-corrected chi connectivity index (χ3v) is 5.18. The Hall–Kier alpha value is -2.59. The minimum atomic E-state index is -1.26. The van der Waals surface area contributed by atoms with Crippen molar-refractivity contribution in [2.45, 2.75) is 37.5 Å². The number of aliphatic hydroxyl groups excluding tert-OH is 3. The maximum absolute atomic E-state index is 10.4. The second-order valence-electron chi connectivity index (χ2n) is 7.28. The first-order valence-corrected chi connectivity index (χ1v) is 9.02. The van der Waals surface area contributed by atoms with Crippen molar-refractivity contribution in [2.75, 3.05) is 18.6 Å². The van der Waals surface area contributed by atoms with E-state index in [-0.39, 0.29) is 0 Å². The summed E-state index contributed by atoms with van der Waals surface area (Å²) in [5.74, 6) is 0.644. The maximum atomic E-state index is 10.4. The number of benzene rings is 1. The SMILES string of the molecule is CN(Cc1ccccc1)c1ncnc2c1ncn2[C@@H]1O[C@](C)(CO)[C@@H](O)[C@H]1O. The molecule has 0 spiro atoms. The van der Waals surface area contributed by atoms with Crippen LogP contribution < -0.4 is 4.90 Å². The van der Waals surface area contributed by atoms with Crippen LogP contribution in [0.25, 0.3) is 11.2 Å². The third kappa shape index (κ3) is 3.02. The summed E-state index contributed by atoms with van der Waals surface area (Å²) in [5, 5.41) is 30.2. The Bertz CT molecular complexity index is 965. The molecule has 9 nitrogen and oxygen atoms in total. The van der Waals surface area contributed by atoms with E-state index in [4.69, 9.17) is 4.74 Å². The minimum Gasteiger partial charge on any atom is -0.393 e. The molecule has 2 aromatic heterocycles. The molecule has 3 heterocycles. The van der Waals surface area contributed by atoms with Gasteiger partial charge in [-0.15, -0.1) is 0 Å². The highest BCUT2D eigenvalue weighted by Gasteiger charge is 2.52. The van der Waals surface area contributed by atoms with Gasteiger partial charge in [-0.05, 0) is 12.5 Å². The fourth-order valence-electron chi connectivity index (χ4n) is 3.52. The van der Waals surface area contributed by atoms with Gasteiger partial charge in [0.1, 0.15) is 24.1 Å². The van der Waals surface area contributed by atoms with Gasteiger partial charge in [0, 0.05) is 13.6 Å². The Morgan fingerprint density at radius 1 is 1.18 bits per heavy atom. The van der Waals surface area contributed by atoms with Gasteiger partial charge in [-0.3, -0.25) is 4.57 Å². The van der Waals surface area contributed by atoms with E-state index in [1.807, 2.05) is 42.3 Å². The Morgan fingerprint density at radius 3 is 2.61 bits per heavy atom. The van der Waals surface area contributed by atoms with Crippen molar-refractivity contribution < 1.29 is 20.1 Å². The summed E-state index contributed by atoms with van der Waals surface area (Å²) in [6.45, 7) is 1.77. The number of nitrogens with zero attached hydrogens (tertiary/aromatic N) is 5. The van der Waals surface area contributed by atoms with Crippen molar-refractivity contribution >= 4 is 17.0 Å². The molecule has 1 aliphatic heterocycles. The number of rotatable bonds is 5. The zero-order valence-electron chi connectivity index (χ0n) is 15.7. The van der Waals surface area contributed by atoms with Crippen LogP contribution in [-0.4, -0.2) is 66.3 Å². The van der Waals surface area contributed by atoms with Crippen molar-refractivity contribution in [3.63, 3.8) is 0 Å². The molecule has 0 saturated carbocycles. The van der Waals surface area contributed by atoms with Crippen molar-refractivity contribution in [2.24, 2.45) is 0 Å². The number of aliphatic hydroxyl groups is 3. The van der Waals surface area contributed by atoms with Crippen LogP contribution in [0.5, 0.6) is 0 Å². The highest BCUT2D eigenvalue weighted by atomic mass is 16.6. The van der Waals surface area contributed by atoms with Crippen molar-refractivity contribution in [3.8, 4) is 0 Å². The molecule has 0 amide bonds. The lowest BCUT2D eigenvalue weighted by molar-refractivity contribution is -0.115. The summed E-state index contributed by atoms with van der Waals surface area (Å²) in [7, 11) is 1.92. The van der Waals surface area contributed by atoms with E-state index in [2.05, 4.69) is 15.0 Å². The predicted octanol–water partition coefficient (Wildman–Crippen LogP) is 0.464. The normalized spacial score (nSPS) is 27.4. The molecule has 1 aromatic carbocycles. The van der Waals surface area contributed by atoms with Crippen LogP contribution in [0.15, 0.2) is 43.0 Å². The molecule has 1 aliphatic rings. The first-order valence-electron chi connectivity index (χ1n) is 9.02. The van der Waals surface area contributed by atoms with E-state index >= 15 is 0 Å². The summed E-state index contributed by atoms with van der Waals surface area (Å²) in [6, 6.07) is 10.0. The van der Waals surface area contributed by atoms with E-state index < -0.39 is 30.6 Å². The molecule has 1 saturated heterocycles. The van der Waals surface area contributed by atoms with E-state index in [1.54, 1.807) is 11.5 Å². The average molecular weight is 385 g/mol. The van der Waals surface area contributed by atoms with Crippen LogP contribution in [-0.2, 0) is 11.3 Å². The molecule has 4 rings (SSSR count). The third-order valence-electron chi connectivity index (χ3n) is 5.18. The molecule has 0 bridgehead atoms. The van der Waals surface area contributed by atoms with Gasteiger partial charge in [0.25, 0.3) is 0 Å². The topological polar surface area (TPSA) is 117 Å². The van der Waals surface area contributed by atoms with Gasteiger partial charge in [0.2, 0.25) is 0 Å². The summed E-state index contributed by atoms with van der Waals surface area (Å²) >= 11 is 0. The van der Waals surface area contributed by atoms with Crippen LogP contribution in [0.1, 0.15) is 18.7 Å². The molecule has 0 aliphatic carbocycles. The second-order valence-corrected chi connectivity index (χ2v) is 7.28. The molecule has 0 radical (unpaired) electrons. The van der Waals surface area contributed by atoms with Crippen molar-refractivity contribution in [1.29, 1.82) is 0 Å². The molecule has 28 heavy (non-hydrogen) atoms. The highest BCUT2D eigenvalue weighted by molar-refractivity contribution is 5.83. The Labute approximate surface area is 161 Å². The van der Waals surface area contributed by atoms with Crippen LogP contribution in [0.3, 0.4) is 0 Å². The molecular weight excluding hydrogens is 362 g/mol. The van der Waals surface area contributed by atoms with E-state index in [0.717, 1.165) is 5.56 Å². The number of aromatic nitrogens is 4. The quantitative estimate of drug-likeness (QED) is 0.580. The summed E-state index contributed by atoms with van der Waals surface area (Å²) in [4.78, 5) is 15.1. The van der Waals surface area contributed by atoms with Crippen LogP contribution in [0.2, 0.25) is 0 Å². The molecule has 3 aromatic rings. The molecule has 1 fully saturated rings. The molecule has 0 unspecified atom stereocenters. The van der Waals surface area contributed by atoms with Gasteiger partial charge in [-0.25, -0.2) is 15.0 Å². The largest absolute Gasteiger partial charge is 0.393 e. The second kappa shape index (κ2) is 7.10. The molecular formula is C19H23N5O4. The number of anilines is 1. The lowest BCUT2D eigenvalue weighted by Crippen LogP contribution is -2.43. The number of fused-ring (bicyclic) bond motifs is 1. The predicted molar refractivity (Wildman–Crippen MR) is 101 cm³/mol. The molecule has 3 N–H and O–H groups in total. The first kappa shape index (κ1) is 18.8. The number of ether oxygens (including phenoxy) is 1. The summed E-state index contributed by atoms with van der Waals surface area (Å²) in [5.41, 5.74) is 0.903. The Kier molecular flexibility index (Phi) is 4.76. The van der Waals surface area contributed by atoms with E-state index in [1.165, 1.54) is 12.7 Å². The number of imidazole rings is 1. The minimum absolute atomic E-state index is 0.422. The Morgan fingerprint density at radius 2 is 1.93 bits per heavy atom. The van der Waals surface area contributed by atoms with Gasteiger partial charge in [-0.2, -0.15) is 0 Å². The zero-order valence-corrected chi connectivity index (χ0v) is 15.7. The van der Waals surface area contributed by atoms with Gasteiger partial charge in [0.15, 0.2) is 23.2 Å². The van der Waals surface area contributed by atoms with Crippen LogP contribution in [0, 0.1) is 0 Å². The van der Waals surface area contributed by atoms with E-state index in [0.29, 0.717) is 23.5 Å². The molecule has 148 valence electrons. The zero-order chi connectivity index (χ0) is 19.9. The summed E-state index contributed by atoms with van der Waals surface area (Å²) < 4.78 is 7.33. The van der Waals surface area contributed by atoms with Gasteiger partial charge >= 0.3 is 0 Å². The van der Waals surface area contributed by atoms with Crippen molar-refractivity contribution in [3.05, 3.63) is 48.5 Å². The van der Waals surface area contributed by atoms with Gasteiger partial charge in [-0.1, -0.05) is 30.3 Å². The molecule has 9 heteroatoms. The summed E-state index contributed by atoms with van der Waals surface area (Å²) in [6.07, 6.45) is -0.445.